The van der Waals surface area contributed by atoms with Gasteiger partial charge in [-0.25, -0.2) is 14.2 Å². The van der Waals surface area contributed by atoms with Gasteiger partial charge in [0.1, 0.15) is 18.1 Å². The number of halogens is 1. The SMILES string of the molecule is Cc1nc2ccccn2c1COC(=O)/C=C/c1ccc(F)cc1. The zero-order valence-electron chi connectivity index (χ0n) is 12.6. The van der Waals surface area contributed by atoms with Crippen LogP contribution in [0.1, 0.15) is 17.0 Å². The Balaban J connectivity index is 1.66. The molecular weight excluding hydrogens is 295 g/mol. The van der Waals surface area contributed by atoms with Crippen LogP contribution < -0.4 is 0 Å². The predicted octanol–water partition coefficient (Wildman–Crippen LogP) is 3.54. The maximum atomic E-state index is 12.8. The van der Waals surface area contributed by atoms with Crippen LogP contribution in [0.3, 0.4) is 0 Å². The Morgan fingerprint density at radius 3 is 2.83 bits per heavy atom. The van der Waals surface area contributed by atoms with Crippen LogP contribution in [0.25, 0.3) is 11.7 Å². The molecule has 0 fully saturated rings. The summed E-state index contributed by atoms with van der Waals surface area (Å²) in [4.78, 5) is 16.2. The Hall–Kier alpha value is -2.95. The van der Waals surface area contributed by atoms with E-state index in [0.717, 1.165) is 22.6 Å². The van der Waals surface area contributed by atoms with Gasteiger partial charge in [0.2, 0.25) is 0 Å². The Bertz CT molecular complexity index is 866. The van der Waals surface area contributed by atoms with Crippen molar-refractivity contribution in [3.63, 3.8) is 0 Å². The third kappa shape index (κ3) is 3.45. The highest BCUT2D eigenvalue weighted by Gasteiger charge is 2.09. The highest BCUT2D eigenvalue weighted by Crippen LogP contribution is 2.13. The van der Waals surface area contributed by atoms with E-state index >= 15 is 0 Å². The van der Waals surface area contributed by atoms with Crippen molar-refractivity contribution in [1.82, 2.24) is 9.38 Å². The van der Waals surface area contributed by atoms with Gasteiger partial charge in [0, 0.05) is 12.3 Å². The summed E-state index contributed by atoms with van der Waals surface area (Å²) in [5.74, 6) is -0.771. The van der Waals surface area contributed by atoms with E-state index in [-0.39, 0.29) is 12.4 Å². The summed E-state index contributed by atoms with van der Waals surface area (Å²) in [7, 11) is 0. The van der Waals surface area contributed by atoms with Crippen LogP contribution in [0.4, 0.5) is 4.39 Å². The van der Waals surface area contributed by atoms with Gasteiger partial charge in [0.05, 0.1) is 11.4 Å². The molecule has 5 heteroatoms. The summed E-state index contributed by atoms with van der Waals surface area (Å²) in [6.07, 6.45) is 4.79. The average Bonchev–Trinajstić information content (AvgIpc) is 2.87. The fourth-order valence-electron chi connectivity index (χ4n) is 2.26. The summed E-state index contributed by atoms with van der Waals surface area (Å²) in [6, 6.07) is 11.6. The van der Waals surface area contributed by atoms with Crippen LogP contribution in [-0.2, 0) is 16.1 Å². The summed E-state index contributed by atoms with van der Waals surface area (Å²) >= 11 is 0. The number of aryl methyl sites for hydroxylation is 1. The fraction of sp³-hybridized carbons (Fsp3) is 0.111. The second-order valence-electron chi connectivity index (χ2n) is 5.07. The van der Waals surface area contributed by atoms with Crippen molar-refractivity contribution >= 4 is 17.7 Å². The number of ether oxygens (including phenoxy) is 1. The lowest BCUT2D eigenvalue weighted by Crippen LogP contribution is -2.04. The van der Waals surface area contributed by atoms with Crippen molar-refractivity contribution in [3.8, 4) is 0 Å². The molecule has 0 bridgehead atoms. The van der Waals surface area contributed by atoms with Gasteiger partial charge in [-0.3, -0.25) is 0 Å². The van der Waals surface area contributed by atoms with Crippen molar-refractivity contribution in [2.24, 2.45) is 0 Å². The van der Waals surface area contributed by atoms with Gasteiger partial charge >= 0.3 is 5.97 Å². The molecule has 3 rings (SSSR count). The number of rotatable bonds is 4. The molecule has 23 heavy (non-hydrogen) atoms. The number of imidazole rings is 1. The first-order valence-electron chi connectivity index (χ1n) is 7.16. The molecule has 3 aromatic rings. The van der Waals surface area contributed by atoms with Gasteiger partial charge in [0.25, 0.3) is 0 Å². The molecule has 0 saturated carbocycles. The van der Waals surface area contributed by atoms with Crippen LogP contribution >= 0.6 is 0 Å². The third-order valence-corrected chi connectivity index (χ3v) is 3.46. The minimum absolute atomic E-state index is 0.142. The van der Waals surface area contributed by atoms with E-state index in [4.69, 9.17) is 4.74 Å². The molecule has 2 heterocycles. The van der Waals surface area contributed by atoms with Crippen molar-refractivity contribution in [2.45, 2.75) is 13.5 Å². The lowest BCUT2D eigenvalue weighted by Gasteiger charge is -2.03. The highest BCUT2D eigenvalue weighted by atomic mass is 19.1. The van der Waals surface area contributed by atoms with Gasteiger partial charge in [-0.1, -0.05) is 18.2 Å². The highest BCUT2D eigenvalue weighted by molar-refractivity contribution is 5.87. The Kier molecular flexibility index (Phi) is 4.19. The van der Waals surface area contributed by atoms with Crippen LogP contribution in [0.15, 0.2) is 54.7 Å². The summed E-state index contributed by atoms with van der Waals surface area (Å²) in [6.45, 7) is 2.02. The normalized spacial score (nSPS) is 11.2. The number of aromatic nitrogens is 2. The number of fused-ring (bicyclic) bond motifs is 1. The number of pyridine rings is 1. The Morgan fingerprint density at radius 1 is 1.26 bits per heavy atom. The number of carbonyl (C=O) groups is 1. The predicted molar refractivity (Wildman–Crippen MR) is 85.2 cm³/mol. The van der Waals surface area contributed by atoms with E-state index < -0.39 is 5.97 Å². The number of carbonyl (C=O) groups excluding carboxylic acids is 1. The maximum Gasteiger partial charge on any atom is 0.331 e. The number of hydrogen-bond donors (Lipinski definition) is 0. The molecule has 0 spiro atoms. The first-order valence-corrected chi connectivity index (χ1v) is 7.16. The minimum atomic E-state index is -0.459. The van der Waals surface area contributed by atoms with Crippen molar-refractivity contribution in [2.75, 3.05) is 0 Å². The number of nitrogens with zero attached hydrogens (tertiary/aromatic N) is 2. The molecule has 0 N–H and O–H groups in total. The fourth-order valence-corrected chi connectivity index (χ4v) is 2.26. The molecule has 2 aromatic heterocycles. The van der Waals surface area contributed by atoms with Gasteiger partial charge in [-0.15, -0.1) is 0 Å². The van der Waals surface area contributed by atoms with E-state index in [9.17, 15) is 9.18 Å². The second-order valence-corrected chi connectivity index (χ2v) is 5.07. The number of hydrogen-bond acceptors (Lipinski definition) is 3. The smallest absolute Gasteiger partial charge is 0.331 e. The molecular formula is C18H15FN2O2. The first-order chi connectivity index (χ1) is 11.1. The van der Waals surface area contributed by atoms with Crippen molar-refractivity contribution in [3.05, 3.63) is 77.5 Å². The topological polar surface area (TPSA) is 43.6 Å². The molecule has 116 valence electrons. The van der Waals surface area contributed by atoms with E-state index in [0.29, 0.717) is 0 Å². The van der Waals surface area contributed by atoms with E-state index in [1.807, 2.05) is 35.7 Å². The molecule has 1 aromatic carbocycles. The molecule has 0 aliphatic carbocycles. The zero-order valence-corrected chi connectivity index (χ0v) is 12.6. The van der Waals surface area contributed by atoms with Gasteiger partial charge < -0.3 is 9.14 Å². The zero-order chi connectivity index (χ0) is 16.2. The molecule has 4 nitrogen and oxygen atoms in total. The quantitative estimate of drug-likeness (QED) is 0.547. The van der Waals surface area contributed by atoms with Crippen molar-refractivity contribution < 1.29 is 13.9 Å². The molecule has 0 radical (unpaired) electrons. The largest absolute Gasteiger partial charge is 0.456 e. The summed E-state index contributed by atoms with van der Waals surface area (Å²) in [5, 5.41) is 0. The van der Waals surface area contributed by atoms with Gasteiger partial charge in [-0.2, -0.15) is 0 Å². The second kappa shape index (κ2) is 6.44. The number of benzene rings is 1. The van der Waals surface area contributed by atoms with E-state index in [1.54, 1.807) is 18.2 Å². The number of esters is 1. The van der Waals surface area contributed by atoms with Gasteiger partial charge in [0.15, 0.2) is 0 Å². The minimum Gasteiger partial charge on any atom is -0.456 e. The van der Waals surface area contributed by atoms with Crippen molar-refractivity contribution in [1.29, 1.82) is 0 Å². The molecule has 0 saturated heterocycles. The first kappa shape index (κ1) is 15.0. The Labute approximate surface area is 132 Å². The maximum absolute atomic E-state index is 12.8. The molecule has 0 unspecified atom stereocenters. The third-order valence-electron chi connectivity index (χ3n) is 3.46. The molecule has 0 aliphatic heterocycles. The van der Waals surface area contributed by atoms with Crippen LogP contribution in [-0.4, -0.2) is 15.4 Å². The van der Waals surface area contributed by atoms with Crippen LogP contribution in [0.2, 0.25) is 0 Å². The van der Waals surface area contributed by atoms with E-state index in [2.05, 4.69) is 4.98 Å². The Morgan fingerprint density at radius 2 is 2.04 bits per heavy atom. The lowest BCUT2D eigenvalue weighted by atomic mass is 10.2. The molecule has 0 amide bonds. The lowest BCUT2D eigenvalue weighted by molar-refractivity contribution is -0.139. The van der Waals surface area contributed by atoms with Gasteiger partial charge in [-0.05, 0) is 42.8 Å². The van der Waals surface area contributed by atoms with Crippen LogP contribution in [0.5, 0.6) is 0 Å². The molecule has 0 aliphatic rings. The van der Waals surface area contributed by atoms with E-state index in [1.165, 1.54) is 18.2 Å². The molecule has 0 atom stereocenters. The summed E-state index contributed by atoms with van der Waals surface area (Å²) in [5.41, 5.74) is 3.21. The standard InChI is InChI=1S/C18H15FN2O2/c1-13-16(21-11-3-2-4-17(21)20-13)12-23-18(22)10-7-14-5-8-15(19)9-6-14/h2-11H,12H2,1H3/b10-7+. The van der Waals surface area contributed by atoms with Crippen LogP contribution in [0, 0.1) is 12.7 Å². The summed E-state index contributed by atoms with van der Waals surface area (Å²) < 4.78 is 20.0. The average molecular weight is 310 g/mol. The monoisotopic (exact) mass is 310 g/mol.